The Bertz CT molecular complexity index is 862. The lowest BCUT2D eigenvalue weighted by Gasteiger charge is -2.05. The van der Waals surface area contributed by atoms with Gasteiger partial charge >= 0.3 is 0 Å². The average Bonchev–Trinajstić information content (AvgIpc) is 2.49. The molecule has 0 amide bonds. The van der Waals surface area contributed by atoms with Crippen LogP contribution in [0.5, 0.6) is 0 Å². The van der Waals surface area contributed by atoms with Crippen LogP contribution in [-0.4, -0.2) is 0 Å². The molecular formula is C16H11Cl2NOS2. The van der Waals surface area contributed by atoms with Gasteiger partial charge in [-0.05, 0) is 41.8 Å². The first kappa shape index (κ1) is 15.8. The highest BCUT2D eigenvalue weighted by Gasteiger charge is 2.06. The Labute approximate surface area is 146 Å². The van der Waals surface area contributed by atoms with Crippen LogP contribution < -0.4 is 10.2 Å². The molecule has 1 aromatic heterocycles. The van der Waals surface area contributed by atoms with E-state index in [1.54, 1.807) is 23.5 Å². The SMILES string of the molecule is O=c1cc(SNCc2ccc(Cl)cc2)sc2cccc(Cl)c12. The molecule has 0 unspecified atom stereocenters. The van der Waals surface area contributed by atoms with E-state index in [1.165, 1.54) is 11.9 Å². The van der Waals surface area contributed by atoms with E-state index >= 15 is 0 Å². The predicted molar refractivity (Wildman–Crippen MR) is 97.3 cm³/mol. The first-order valence-corrected chi connectivity index (χ1v) is 8.89. The Morgan fingerprint density at radius 1 is 1.09 bits per heavy atom. The van der Waals surface area contributed by atoms with E-state index in [9.17, 15) is 4.79 Å². The van der Waals surface area contributed by atoms with Gasteiger partial charge in [0.15, 0.2) is 5.43 Å². The van der Waals surface area contributed by atoms with Gasteiger partial charge in [-0.3, -0.25) is 9.52 Å². The largest absolute Gasteiger partial charge is 0.289 e. The van der Waals surface area contributed by atoms with E-state index in [0.717, 1.165) is 19.5 Å². The molecule has 2 nitrogen and oxygen atoms in total. The van der Waals surface area contributed by atoms with Crippen LogP contribution in [0.2, 0.25) is 10.0 Å². The molecule has 3 rings (SSSR count). The minimum absolute atomic E-state index is 0.0462. The van der Waals surface area contributed by atoms with Gasteiger partial charge in [0.2, 0.25) is 0 Å². The third kappa shape index (κ3) is 3.65. The normalized spacial score (nSPS) is 11.0. The van der Waals surface area contributed by atoms with Gasteiger partial charge < -0.3 is 0 Å². The third-order valence-corrected chi connectivity index (χ3v) is 5.60. The highest BCUT2D eigenvalue weighted by atomic mass is 35.5. The number of halogens is 2. The molecule has 112 valence electrons. The predicted octanol–water partition coefficient (Wildman–Crippen LogP) is 5.37. The zero-order valence-corrected chi connectivity index (χ0v) is 14.5. The summed E-state index contributed by atoms with van der Waals surface area (Å²) >= 11 is 14.9. The summed E-state index contributed by atoms with van der Waals surface area (Å²) in [4.78, 5) is 12.2. The van der Waals surface area contributed by atoms with Crippen molar-refractivity contribution in [3.05, 3.63) is 74.4 Å². The van der Waals surface area contributed by atoms with Crippen molar-refractivity contribution in [1.82, 2.24) is 4.72 Å². The standard InChI is InChI=1S/C16H11Cl2NOS2/c17-11-6-4-10(5-7-11)9-19-22-15-8-13(20)16-12(18)2-1-3-14(16)21-15/h1-8,19H,9H2. The van der Waals surface area contributed by atoms with Crippen LogP contribution >= 0.6 is 46.5 Å². The fourth-order valence-electron chi connectivity index (χ4n) is 1.99. The van der Waals surface area contributed by atoms with Crippen LogP contribution in [0.4, 0.5) is 0 Å². The minimum atomic E-state index is -0.0462. The first-order chi connectivity index (χ1) is 10.6. The highest BCUT2D eigenvalue weighted by Crippen LogP contribution is 2.29. The quantitative estimate of drug-likeness (QED) is 0.628. The van der Waals surface area contributed by atoms with Crippen LogP contribution in [-0.2, 0) is 6.54 Å². The number of nitrogens with one attached hydrogen (secondary N) is 1. The molecule has 0 aliphatic heterocycles. The molecule has 0 aliphatic carbocycles. The lowest BCUT2D eigenvalue weighted by atomic mass is 10.2. The van der Waals surface area contributed by atoms with Gasteiger partial charge in [-0.2, -0.15) is 0 Å². The zero-order chi connectivity index (χ0) is 15.5. The van der Waals surface area contributed by atoms with Crippen LogP contribution in [0, 0.1) is 0 Å². The maximum Gasteiger partial charge on any atom is 0.190 e. The molecule has 6 heteroatoms. The first-order valence-electron chi connectivity index (χ1n) is 6.50. The van der Waals surface area contributed by atoms with E-state index < -0.39 is 0 Å². The lowest BCUT2D eigenvalue weighted by Crippen LogP contribution is -2.04. The minimum Gasteiger partial charge on any atom is -0.289 e. The summed E-state index contributed by atoms with van der Waals surface area (Å²) < 4.78 is 5.07. The van der Waals surface area contributed by atoms with E-state index in [-0.39, 0.29) is 5.43 Å². The molecule has 0 atom stereocenters. The van der Waals surface area contributed by atoms with Crippen molar-refractivity contribution in [2.45, 2.75) is 10.8 Å². The summed E-state index contributed by atoms with van der Waals surface area (Å²) in [6.07, 6.45) is 0. The van der Waals surface area contributed by atoms with Crippen LogP contribution in [0.1, 0.15) is 5.56 Å². The molecule has 3 aromatic rings. The third-order valence-electron chi connectivity index (χ3n) is 3.04. The molecule has 0 spiro atoms. The van der Waals surface area contributed by atoms with E-state index in [1.807, 2.05) is 36.4 Å². The molecule has 0 bridgehead atoms. The molecule has 1 heterocycles. The Kier molecular flexibility index (Phi) is 5.06. The lowest BCUT2D eigenvalue weighted by molar-refractivity contribution is 0.977. The van der Waals surface area contributed by atoms with Crippen LogP contribution in [0.3, 0.4) is 0 Å². The van der Waals surface area contributed by atoms with Crippen molar-refractivity contribution in [3.63, 3.8) is 0 Å². The fraction of sp³-hybridized carbons (Fsp3) is 0.0625. The number of hydrogen-bond donors (Lipinski definition) is 1. The second-order valence-electron chi connectivity index (χ2n) is 4.59. The van der Waals surface area contributed by atoms with Gasteiger partial charge in [-0.15, -0.1) is 11.3 Å². The van der Waals surface area contributed by atoms with Crippen LogP contribution in [0.25, 0.3) is 10.1 Å². The Balaban J connectivity index is 1.74. The fourth-order valence-corrected chi connectivity index (χ4v) is 4.44. The van der Waals surface area contributed by atoms with E-state index in [0.29, 0.717) is 17.0 Å². The molecular weight excluding hydrogens is 357 g/mol. The van der Waals surface area contributed by atoms with Gasteiger partial charge in [0, 0.05) is 22.3 Å². The topological polar surface area (TPSA) is 29.1 Å². The van der Waals surface area contributed by atoms with Crippen molar-refractivity contribution >= 4 is 56.6 Å². The van der Waals surface area contributed by atoms with Gasteiger partial charge in [0.1, 0.15) is 0 Å². The maximum absolute atomic E-state index is 12.2. The highest BCUT2D eigenvalue weighted by molar-refractivity contribution is 7.99. The Hall–Kier alpha value is -1.04. The Morgan fingerprint density at radius 2 is 1.86 bits per heavy atom. The van der Waals surface area contributed by atoms with Crippen molar-refractivity contribution in [1.29, 1.82) is 0 Å². The summed E-state index contributed by atoms with van der Waals surface area (Å²) in [6.45, 7) is 0.691. The maximum atomic E-state index is 12.2. The molecule has 1 N–H and O–H groups in total. The molecule has 0 aliphatic rings. The summed E-state index contributed by atoms with van der Waals surface area (Å²) in [5, 5.41) is 1.82. The van der Waals surface area contributed by atoms with Crippen molar-refractivity contribution < 1.29 is 0 Å². The molecule has 0 fully saturated rings. The molecule has 0 saturated carbocycles. The number of rotatable bonds is 4. The summed E-state index contributed by atoms with van der Waals surface area (Å²) in [5.74, 6) is 0. The van der Waals surface area contributed by atoms with Gasteiger partial charge in [-0.1, -0.05) is 41.4 Å². The summed E-state index contributed by atoms with van der Waals surface area (Å²) in [6, 6.07) is 14.8. The average molecular weight is 368 g/mol. The number of fused-ring (bicyclic) bond motifs is 1. The zero-order valence-electron chi connectivity index (χ0n) is 11.3. The van der Waals surface area contributed by atoms with E-state index in [2.05, 4.69) is 4.72 Å². The second kappa shape index (κ2) is 7.02. The number of hydrogen-bond acceptors (Lipinski definition) is 4. The van der Waals surface area contributed by atoms with Crippen molar-refractivity contribution in [3.8, 4) is 0 Å². The van der Waals surface area contributed by atoms with Crippen LogP contribution in [0.15, 0.2) is 57.5 Å². The molecule has 0 saturated heterocycles. The smallest absolute Gasteiger partial charge is 0.190 e. The summed E-state index contributed by atoms with van der Waals surface area (Å²) in [5.41, 5.74) is 1.09. The molecule has 2 aromatic carbocycles. The van der Waals surface area contributed by atoms with Gasteiger partial charge in [0.05, 0.1) is 14.6 Å². The van der Waals surface area contributed by atoms with Crippen molar-refractivity contribution in [2.75, 3.05) is 0 Å². The van der Waals surface area contributed by atoms with Crippen molar-refractivity contribution in [2.24, 2.45) is 0 Å². The van der Waals surface area contributed by atoms with Gasteiger partial charge in [-0.25, -0.2) is 0 Å². The molecule has 0 radical (unpaired) electrons. The number of benzene rings is 2. The second-order valence-corrected chi connectivity index (χ2v) is 7.71. The van der Waals surface area contributed by atoms with Gasteiger partial charge in [0.25, 0.3) is 0 Å². The molecule has 22 heavy (non-hydrogen) atoms. The monoisotopic (exact) mass is 367 g/mol. The Morgan fingerprint density at radius 3 is 2.64 bits per heavy atom. The summed E-state index contributed by atoms with van der Waals surface area (Å²) in [7, 11) is 0. The van der Waals surface area contributed by atoms with E-state index in [4.69, 9.17) is 23.2 Å².